The second-order valence-corrected chi connectivity index (χ2v) is 6.18. The number of nitrogens with zero attached hydrogens (tertiary/aromatic N) is 1. The summed E-state index contributed by atoms with van der Waals surface area (Å²) in [7, 11) is 0. The summed E-state index contributed by atoms with van der Waals surface area (Å²) in [6.45, 7) is 15.0. The first kappa shape index (κ1) is 13.7. The highest BCUT2D eigenvalue weighted by atomic mass is 15.1. The molecular weight excluding hydrogens is 196 g/mol. The lowest BCUT2D eigenvalue weighted by molar-refractivity contribution is 0.185. The van der Waals surface area contributed by atoms with Crippen LogP contribution in [0.2, 0.25) is 0 Å². The Morgan fingerprint density at radius 3 is 2.62 bits per heavy atom. The van der Waals surface area contributed by atoms with Gasteiger partial charge in [0.25, 0.3) is 0 Å². The van der Waals surface area contributed by atoms with Crippen molar-refractivity contribution in [2.45, 2.75) is 34.1 Å². The summed E-state index contributed by atoms with van der Waals surface area (Å²) in [6.07, 6.45) is 5.80. The van der Waals surface area contributed by atoms with Crippen LogP contribution in [0.5, 0.6) is 0 Å². The van der Waals surface area contributed by atoms with Crippen molar-refractivity contribution in [1.29, 1.82) is 0 Å². The SMILES string of the molecule is CC(C)CNCC(C)(C)CN1CC=CCC1. The summed E-state index contributed by atoms with van der Waals surface area (Å²) in [4.78, 5) is 2.55. The van der Waals surface area contributed by atoms with Gasteiger partial charge >= 0.3 is 0 Å². The standard InChI is InChI=1S/C14H28N2/c1-13(2)10-15-11-14(3,4)12-16-8-6-5-7-9-16/h5-6,13,15H,7-12H2,1-4H3. The summed E-state index contributed by atoms with van der Waals surface area (Å²) in [5, 5.41) is 3.57. The minimum absolute atomic E-state index is 0.375. The molecule has 0 aromatic carbocycles. The van der Waals surface area contributed by atoms with Crippen molar-refractivity contribution in [3.05, 3.63) is 12.2 Å². The van der Waals surface area contributed by atoms with Gasteiger partial charge in [0.1, 0.15) is 0 Å². The molecule has 0 aliphatic carbocycles. The van der Waals surface area contributed by atoms with Crippen LogP contribution in [0.3, 0.4) is 0 Å². The second kappa shape index (κ2) is 6.41. The molecule has 0 unspecified atom stereocenters. The number of hydrogen-bond donors (Lipinski definition) is 1. The largest absolute Gasteiger partial charge is 0.316 e. The first-order valence-corrected chi connectivity index (χ1v) is 6.58. The molecule has 1 N–H and O–H groups in total. The van der Waals surface area contributed by atoms with Gasteiger partial charge in [0.05, 0.1) is 0 Å². The van der Waals surface area contributed by atoms with Crippen LogP contribution in [-0.4, -0.2) is 37.6 Å². The van der Waals surface area contributed by atoms with Gasteiger partial charge in [-0.3, -0.25) is 4.90 Å². The smallest absolute Gasteiger partial charge is 0.0163 e. The molecule has 2 nitrogen and oxygen atoms in total. The molecule has 1 aliphatic rings. The molecular formula is C14H28N2. The summed E-state index contributed by atoms with van der Waals surface area (Å²) in [5.41, 5.74) is 0.375. The highest BCUT2D eigenvalue weighted by molar-refractivity contribution is 4.92. The fourth-order valence-electron chi connectivity index (χ4n) is 2.19. The fourth-order valence-corrected chi connectivity index (χ4v) is 2.19. The molecule has 16 heavy (non-hydrogen) atoms. The summed E-state index contributed by atoms with van der Waals surface area (Å²) in [5.74, 6) is 0.744. The minimum Gasteiger partial charge on any atom is -0.316 e. The maximum absolute atomic E-state index is 3.57. The lowest BCUT2D eigenvalue weighted by atomic mass is 9.92. The van der Waals surface area contributed by atoms with Gasteiger partial charge < -0.3 is 5.32 Å². The Hall–Kier alpha value is -0.340. The third kappa shape index (κ3) is 5.66. The minimum atomic E-state index is 0.375. The van der Waals surface area contributed by atoms with Crippen LogP contribution in [0.15, 0.2) is 12.2 Å². The van der Waals surface area contributed by atoms with E-state index < -0.39 is 0 Å². The zero-order valence-electron chi connectivity index (χ0n) is 11.4. The van der Waals surface area contributed by atoms with E-state index in [2.05, 4.69) is 50.1 Å². The van der Waals surface area contributed by atoms with Crippen molar-refractivity contribution in [2.24, 2.45) is 11.3 Å². The number of rotatable bonds is 6. The van der Waals surface area contributed by atoms with E-state index in [1.54, 1.807) is 0 Å². The zero-order chi connectivity index (χ0) is 12.0. The van der Waals surface area contributed by atoms with Gasteiger partial charge in [-0.1, -0.05) is 39.8 Å². The molecule has 1 rings (SSSR count). The van der Waals surface area contributed by atoms with Crippen LogP contribution >= 0.6 is 0 Å². The van der Waals surface area contributed by atoms with Crippen LogP contribution in [0.25, 0.3) is 0 Å². The molecule has 0 radical (unpaired) electrons. The van der Waals surface area contributed by atoms with E-state index in [4.69, 9.17) is 0 Å². The van der Waals surface area contributed by atoms with Gasteiger partial charge in [-0.05, 0) is 24.3 Å². The van der Waals surface area contributed by atoms with Gasteiger partial charge in [0.2, 0.25) is 0 Å². The third-order valence-electron chi connectivity index (χ3n) is 2.95. The van der Waals surface area contributed by atoms with Crippen LogP contribution in [-0.2, 0) is 0 Å². The lowest BCUT2D eigenvalue weighted by Crippen LogP contribution is -2.42. The molecule has 0 aromatic rings. The Kier molecular flexibility index (Phi) is 5.50. The molecule has 0 saturated carbocycles. The van der Waals surface area contributed by atoms with Gasteiger partial charge in [-0.2, -0.15) is 0 Å². The van der Waals surface area contributed by atoms with Crippen molar-refractivity contribution in [2.75, 3.05) is 32.7 Å². The molecule has 0 aromatic heterocycles. The van der Waals surface area contributed by atoms with E-state index in [-0.39, 0.29) is 0 Å². The summed E-state index contributed by atoms with van der Waals surface area (Å²) < 4.78 is 0. The van der Waals surface area contributed by atoms with Gasteiger partial charge in [-0.25, -0.2) is 0 Å². The molecule has 0 fully saturated rings. The van der Waals surface area contributed by atoms with Crippen molar-refractivity contribution in [3.8, 4) is 0 Å². The van der Waals surface area contributed by atoms with Crippen LogP contribution in [0, 0.1) is 11.3 Å². The van der Waals surface area contributed by atoms with Crippen LogP contribution < -0.4 is 5.32 Å². The Morgan fingerprint density at radius 1 is 1.31 bits per heavy atom. The predicted molar refractivity (Wildman–Crippen MR) is 71.7 cm³/mol. The van der Waals surface area contributed by atoms with E-state index in [1.165, 1.54) is 19.5 Å². The Bertz CT molecular complexity index is 219. The van der Waals surface area contributed by atoms with Crippen molar-refractivity contribution in [1.82, 2.24) is 10.2 Å². The predicted octanol–water partition coefficient (Wildman–Crippen LogP) is 2.52. The van der Waals surface area contributed by atoms with Crippen molar-refractivity contribution in [3.63, 3.8) is 0 Å². The van der Waals surface area contributed by atoms with E-state index >= 15 is 0 Å². The molecule has 2 heteroatoms. The average molecular weight is 224 g/mol. The quantitative estimate of drug-likeness (QED) is 0.697. The lowest BCUT2D eigenvalue weighted by Gasteiger charge is -2.33. The maximum Gasteiger partial charge on any atom is 0.0163 e. The molecule has 94 valence electrons. The Balaban J connectivity index is 2.24. The number of nitrogens with one attached hydrogen (secondary N) is 1. The topological polar surface area (TPSA) is 15.3 Å². The van der Waals surface area contributed by atoms with Crippen LogP contribution in [0.1, 0.15) is 34.1 Å². The van der Waals surface area contributed by atoms with Crippen LogP contribution in [0.4, 0.5) is 0 Å². The first-order chi connectivity index (χ1) is 7.49. The molecule has 0 saturated heterocycles. The van der Waals surface area contributed by atoms with Crippen molar-refractivity contribution < 1.29 is 0 Å². The van der Waals surface area contributed by atoms with Gasteiger partial charge in [0, 0.05) is 26.2 Å². The zero-order valence-corrected chi connectivity index (χ0v) is 11.4. The molecule has 0 atom stereocenters. The molecule has 1 aliphatic heterocycles. The van der Waals surface area contributed by atoms with E-state index in [9.17, 15) is 0 Å². The average Bonchev–Trinajstić information content (AvgIpc) is 2.17. The molecule has 1 heterocycles. The van der Waals surface area contributed by atoms with Crippen molar-refractivity contribution >= 4 is 0 Å². The number of hydrogen-bond acceptors (Lipinski definition) is 2. The normalized spacial score (nSPS) is 18.3. The summed E-state index contributed by atoms with van der Waals surface area (Å²) >= 11 is 0. The second-order valence-electron chi connectivity index (χ2n) is 6.18. The Labute approximate surface area is 101 Å². The monoisotopic (exact) mass is 224 g/mol. The third-order valence-corrected chi connectivity index (χ3v) is 2.95. The van der Waals surface area contributed by atoms with E-state index in [1.807, 2.05) is 0 Å². The molecule has 0 amide bonds. The first-order valence-electron chi connectivity index (χ1n) is 6.58. The summed E-state index contributed by atoms with van der Waals surface area (Å²) in [6, 6.07) is 0. The highest BCUT2D eigenvalue weighted by Gasteiger charge is 2.21. The molecule has 0 spiro atoms. The Morgan fingerprint density at radius 2 is 2.06 bits per heavy atom. The highest BCUT2D eigenvalue weighted by Crippen LogP contribution is 2.17. The van der Waals surface area contributed by atoms with Gasteiger partial charge in [0.15, 0.2) is 0 Å². The van der Waals surface area contributed by atoms with E-state index in [0.29, 0.717) is 5.41 Å². The fraction of sp³-hybridized carbons (Fsp3) is 0.857. The van der Waals surface area contributed by atoms with Gasteiger partial charge in [-0.15, -0.1) is 0 Å². The maximum atomic E-state index is 3.57. The van der Waals surface area contributed by atoms with E-state index in [0.717, 1.165) is 25.6 Å². The molecule has 0 bridgehead atoms.